The molecule has 0 radical (unpaired) electrons. The molecule has 0 saturated carbocycles. The van der Waals surface area contributed by atoms with Gasteiger partial charge in [-0.2, -0.15) is 0 Å². The van der Waals surface area contributed by atoms with Crippen LogP contribution in [0.3, 0.4) is 0 Å². The number of nitrogens with one attached hydrogen (secondary N) is 1. The largest absolute Gasteiger partial charge is 0.469 e. The minimum absolute atomic E-state index is 0.168. The molecule has 0 bridgehead atoms. The van der Waals surface area contributed by atoms with Crippen molar-refractivity contribution >= 4 is 25.1 Å². The Hall–Kier alpha value is -1.45. The Labute approximate surface area is 114 Å². The lowest BCUT2D eigenvalue weighted by Crippen LogP contribution is -2.23. The van der Waals surface area contributed by atoms with Gasteiger partial charge in [0.05, 0.1) is 12.7 Å². The minimum atomic E-state index is -4.48. The van der Waals surface area contributed by atoms with Crippen molar-refractivity contribution in [3.05, 3.63) is 6.33 Å². The summed E-state index contributed by atoms with van der Waals surface area (Å²) < 4.78 is 20.5. The molecule has 1 fully saturated rings. The summed E-state index contributed by atoms with van der Waals surface area (Å²) in [5.41, 5.74) is 11.5. The van der Waals surface area contributed by atoms with Crippen LogP contribution in [0.25, 0.3) is 0 Å². The van der Waals surface area contributed by atoms with E-state index in [0.717, 1.165) is 0 Å². The first kappa shape index (κ1) is 14.9. The highest BCUT2D eigenvalue weighted by Crippen LogP contribution is 2.37. The van der Waals surface area contributed by atoms with Crippen molar-refractivity contribution in [3.8, 4) is 0 Å². The highest BCUT2D eigenvalue weighted by Gasteiger charge is 2.28. The maximum absolute atomic E-state index is 10.6. The fourth-order valence-electron chi connectivity index (χ4n) is 1.79. The van der Waals surface area contributed by atoms with Gasteiger partial charge in [0, 0.05) is 0 Å². The lowest BCUT2D eigenvalue weighted by atomic mass is 10.2. The molecule has 1 aromatic heterocycles. The van der Waals surface area contributed by atoms with Gasteiger partial charge in [-0.1, -0.05) is 0 Å². The fraction of sp³-hybridized carbons (Fsp3) is 0.556. The zero-order valence-electron chi connectivity index (χ0n) is 10.5. The van der Waals surface area contributed by atoms with Gasteiger partial charge in [-0.25, -0.2) is 14.5 Å². The summed E-state index contributed by atoms with van der Waals surface area (Å²) >= 11 is 0. The summed E-state index contributed by atoms with van der Waals surface area (Å²) in [7, 11) is -4.48. The van der Waals surface area contributed by atoms with Gasteiger partial charge in [-0.05, 0) is 12.8 Å². The van der Waals surface area contributed by atoms with Gasteiger partial charge in [0.2, 0.25) is 0 Å². The number of nitrogens with two attached hydrogens (primary N) is 2. The molecule has 10 nitrogen and oxygen atoms in total. The maximum Gasteiger partial charge on any atom is 0.469 e. The van der Waals surface area contributed by atoms with Crippen molar-refractivity contribution < 1.29 is 23.6 Å². The van der Waals surface area contributed by atoms with Gasteiger partial charge in [0.15, 0.2) is 11.6 Å². The topological polar surface area (TPSA) is 166 Å². The monoisotopic (exact) mass is 305 g/mol. The van der Waals surface area contributed by atoms with E-state index < -0.39 is 13.9 Å². The van der Waals surface area contributed by atoms with Crippen LogP contribution >= 0.6 is 7.82 Å². The molecule has 1 aliphatic heterocycles. The summed E-state index contributed by atoms with van der Waals surface area (Å²) in [6.07, 6.45) is 1.71. The van der Waals surface area contributed by atoms with E-state index in [0.29, 0.717) is 18.7 Å². The minimum Gasteiger partial charge on any atom is -0.393 e. The molecule has 1 saturated heterocycles. The number of phosphoric acid groups is 1. The average molecular weight is 305 g/mol. The zero-order chi connectivity index (χ0) is 14.8. The number of anilines is 3. The van der Waals surface area contributed by atoms with Crippen LogP contribution in [0, 0.1) is 0 Å². The highest BCUT2D eigenvalue weighted by atomic mass is 31.2. The SMILES string of the molecule is Nc1ncnc(NC2CCC(COP(=O)(O)O)O2)c1N. The normalized spacial score (nSPS) is 22.9. The third-order valence-corrected chi connectivity index (χ3v) is 3.23. The lowest BCUT2D eigenvalue weighted by molar-refractivity contribution is 0.0219. The van der Waals surface area contributed by atoms with Gasteiger partial charge in [0.25, 0.3) is 0 Å². The molecule has 0 aliphatic carbocycles. The second-order valence-corrected chi connectivity index (χ2v) is 5.52. The van der Waals surface area contributed by atoms with Gasteiger partial charge in [0.1, 0.15) is 18.2 Å². The van der Waals surface area contributed by atoms with E-state index in [1.807, 2.05) is 0 Å². The average Bonchev–Trinajstić information content (AvgIpc) is 2.80. The molecule has 2 rings (SSSR count). The van der Waals surface area contributed by atoms with Crippen LogP contribution in [-0.2, 0) is 13.8 Å². The fourth-order valence-corrected chi connectivity index (χ4v) is 2.15. The first-order valence-electron chi connectivity index (χ1n) is 5.83. The van der Waals surface area contributed by atoms with Crippen molar-refractivity contribution in [2.24, 2.45) is 0 Å². The van der Waals surface area contributed by atoms with Crippen molar-refractivity contribution in [3.63, 3.8) is 0 Å². The number of aromatic nitrogens is 2. The smallest absolute Gasteiger partial charge is 0.393 e. The van der Waals surface area contributed by atoms with E-state index in [1.165, 1.54) is 6.33 Å². The molecule has 2 heterocycles. The highest BCUT2D eigenvalue weighted by molar-refractivity contribution is 7.46. The number of nitrogens with zero attached hydrogens (tertiary/aromatic N) is 2. The van der Waals surface area contributed by atoms with Crippen LogP contribution in [-0.4, -0.2) is 38.7 Å². The summed E-state index contributed by atoms with van der Waals surface area (Å²) in [4.78, 5) is 24.9. The Morgan fingerprint density at radius 3 is 2.90 bits per heavy atom. The van der Waals surface area contributed by atoms with E-state index in [1.54, 1.807) is 0 Å². The van der Waals surface area contributed by atoms with Crippen LogP contribution < -0.4 is 16.8 Å². The predicted molar refractivity (Wildman–Crippen MR) is 70.4 cm³/mol. The summed E-state index contributed by atoms with van der Waals surface area (Å²) in [5, 5.41) is 2.95. The number of rotatable bonds is 5. The Kier molecular flexibility index (Phi) is 4.41. The van der Waals surface area contributed by atoms with Gasteiger partial charge < -0.3 is 31.3 Å². The van der Waals surface area contributed by atoms with Gasteiger partial charge in [-0.15, -0.1) is 0 Å². The molecule has 1 aliphatic rings. The first-order valence-corrected chi connectivity index (χ1v) is 7.36. The summed E-state index contributed by atoms with van der Waals surface area (Å²) in [5.74, 6) is 0.529. The Morgan fingerprint density at radius 1 is 1.45 bits per heavy atom. The van der Waals surface area contributed by atoms with Crippen molar-refractivity contribution in [2.75, 3.05) is 23.4 Å². The van der Waals surface area contributed by atoms with Gasteiger partial charge in [-0.3, -0.25) is 4.52 Å². The quantitative estimate of drug-likeness (QED) is 0.454. The number of ether oxygens (including phenoxy) is 1. The molecule has 7 N–H and O–H groups in total. The predicted octanol–water partition coefficient (Wildman–Crippen LogP) is -0.333. The second kappa shape index (κ2) is 5.90. The molecule has 0 aromatic carbocycles. The third kappa shape index (κ3) is 4.02. The molecular weight excluding hydrogens is 289 g/mol. The van der Waals surface area contributed by atoms with Gasteiger partial charge >= 0.3 is 7.82 Å². The van der Waals surface area contributed by atoms with E-state index >= 15 is 0 Å². The number of hydrogen-bond donors (Lipinski definition) is 5. The molecule has 0 amide bonds. The van der Waals surface area contributed by atoms with E-state index in [2.05, 4.69) is 19.8 Å². The molecule has 11 heteroatoms. The van der Waals surface area contributed by atoms with Crippen LogP contribution in [0.15, 0.2) is 6.33 Å². The van der Waals surface area contributed by atoms with Crippen molar-refractivity contribution in [1.29, 1.82) is 0 Å². The van der Waals surface area contributed by atoms with Crippen LogP contribution in [0.2, 0.25) is 0 Å². The molecule has 20 heavy (non-hydrogen) atoms. The summed E-state index contributed by atoms with van der Waals surface area (Å²) in [6, 6.07) is 0. The maximum atomic E-state index is 10.6. The third-order valence-electron chi connectivity index (χ3n) is 2.75. The number of hydrogen-bond acceptors (Lipinski definition) is 8. The van der Waals surface area contributed by atoms with E-state index in [9.17, 15) is 4.57 Å². The molecular formula is C9H16N5O5P. The molecule has 112 valence electrons. The number of nitrogen functional groups attached to an aromatic ring is 2. The Balaban J connectivity index is 1.87. The first-order chi connectivity index (χ1) is 9.35. The zero-order valence-corrected chi connectivity index (χ0v) is 11.4. The lowest BCUT2D eigenvalue weighted by Gasteiger charge is -2.17. The van der Waals surface area contributed by atoms with E-state index in [-0.39, 0.29) is 24.3 Å². The van der Waals surface area contributed by atoms with Crippen LogP contribution in [0.4, 0.5) is 17.3 Å². The van der Waals surface area contributed by atoms with Crippen LogP contribution in [0.1, 0.15) is 12.8 Å². The summed E-state index contributed by atoms with van der Waals surface area (Å²) in [6.45, 7) is -0.177. The molecule has 0 spiro atoms. The standard InChI is InChI=1S/C9H16N5O5P/c10-7-8(11)12-4-13-9(7)14-6-2-1-5(19-6)3-18-20(15,16)17/h4-6H,1-3,10H2,(H2,15,16,17)(H3,11,12,13,14). The van der Waals surface area contributed by atoms with Crippen LogP contribution in [0.5, 0.6) is 0 Å². The molecule has 2 atom stereocenters. The second-order valence-electron chi connectivity index (χ2n) is 4.28. The molecule has 2 unspecified atom stereocenters. The Morgan fingerprint density at radius 2 is 2.20 bits per heavy atom. The van der Waals surface area contributed by atoms with Crippen molar-refractivity contribution in [1.82, 2.24) is 9.97 Å². The Bertz CT molecular complexity index is 523. The molecule has 1 aromatic rings. The van der Waals surface area contributed by atoms with Crippen molar-refractivity contribution in [2.45, 2.75) is 25.2 Å². The number of phosphoric ester groups is 1. The van der Waals surface area contributed by atoms with E-state index in [4.69, 9.17) is 26.0 Å².